The highest BCUT2D eigenvalue weighted by molar-refractivity contribution is 7.90. The van der Waals surface area contributed by atoms with Gasteiger partial charge in [-0.3, -0.25) is 23.9 Å². The molecule has 3 fully saturated rings. The number of hydrogen-bond acceptors (Lipinski definition) is 10. The highest BCUT2D eigenvalue weighted by Crippen LogP contribution is 2.58. The number of sulfonamides is 1. The Morgan fingerprint density at radius 3 is 2.36 bits per heavy atom. The van der Waals surface area contributed by atoms with Crippen LogP contribution in [-0.2, 0) is 33.9 Å². The molecule has 0 radical (unpaired) electrons. The van der Waals surface area contributed by atoms with Crippen molar-refractivity contribution in [1.29, 1.82) is 0 Å². The van der Waals surface area contributed by atoms with Crippen molar-refractivity contribution in [2.24, 2.45) is 28.1 Å². The summed E-state index contributed by atoms with van der Waals surface area (Å²) in [5.41, 5.74) is -2.54. The molecule has 0 spiro atoms. The minimum Gasteiger partial charge on any atom is -0.488 e. The molecule has 5 atom stereocenters. The van der Waals surface area contributed by atoms with Crippen LogP contribution in [0.15, 0.2) is 24.3 Å². The summed E-state index contributed by atoms with van der Waals surface area (Å²) >= 11 is 6.48. The molecule has 14 heteroatoms. The Balaban J connectivity index is 1.46. The SMILES string of the molecule is CC[C@@H]1C[C@]1(CC(=O)[C@@H]1C[C@@H](Oc2cc(OC)nc3c(Cl)cccc23)CN1C(=O)[C@@H](CC(=O)OC(C)(C)C)C(C)(C)C)C(=O)NS(=O)(=O)CC1(C)CC1. The number of amides is 2. The van der Waals surface area contributed by atoms with Crippen LogP contribution in [0.1, 0.15) is 100 Å². The number of halogens is 1. The summed E-state index contributed by atoms with van der Waals surface area (Å²) in [5, 5.41) is 1.01. The molecule has 2 amide bonds. The highest BCUT2D eigenvalue weighted by atomic mass is 35.5. The maximum atomic E-state index is 14.6. The van der Waals surface area contributed by atoms with Gasteiger partial charge in [-0.15, -0.1) is 0 Å². The van der Waals surface area contributed by atoms with E-state index < -0.39 is 62.3 Å². The van der Waals surface area contributed by atoms with Gasteiger partial charge in [-0.1, -0.05) is 58.7 Å². The van der Waals surface area contributed by atoms with Gasteiger partial charge in [-0.25, -0.2) is 13.4 Å². The second-order valence-electron chi connectivity index (χ2n) is 17.6. The Morgan fingerprint density at radius 2 is 1.79 bits per heavy atom. The van der Waals surface area contributed by atoms with Crippen LogP contribution in [0.25, 0.3) is 10.9 Å². The fraction of sp³-hybridized carbons (Fsp3) is 0.667. The van der Waals surface area contributed by atoms with Crippen LogP contribution in [0.2, 0.25) is 5.02 Å². The van der Waals surface area contributed by atoms with Crippen molar-refractivity contribution < 1.29 is 41.8 Å². The maximum Gasteiger partial charge on any atom is 0.307 e. The highest BCUT2D eigenvalue weighted by Gasteiger charge is 2.61. The van der Waals surface area contributed by atoms with Crippen molar-refractivity contribution in [2.45, 2.75) is 118 Å². The predicted octanol–water partition coefficient (Wildman–Crippen LogP) is 6.26. The maximum absolute atomic E-state index is 14.6. The molecular formula is C39H54ClN3O9S. The molecule has 3 aliphatic rings. The predicted molar refractivity (Wildman–Crippen MR) is 201 cm³/mol. The molecule has 12 nitrogen and oxygen atoms in total. The molecule has 0 unspecified atom stereocenters. The third kappa shape index (κ3) is 9.44. The summed E-state index contributed by atoms with van der Waals surface area (Å²) in [6.45, 7) is 14.6. The number of pyridine rings is 1. The van der Waals surface area contributed by atoms with Crippen LogP contribution in [0.5, 0.6) is 11.6 Å². The topological polar surface area (TPSA) is 158 Å². The van der Waals surface area contributed by atoms with Gasteiger partial charge in [0.15, 0.2) is 5.78 Å². The molecule has 1 N–H and O–H groups in total. The number of hydrogen-bond donors (Lipinski definition) is 1. The minimum atomic E-state index is -3.92. The quantitative estimate of drug-likeness (QED) is 0.217. The van der Waals surface area contributed by atoms with Gasteiger partial charge in [0.1, 0.15) is 17.5 Å². The number of esters is 1. The number of methoxy groups -OCH3 is 1. The molecule has 1 aliphatic heterocycles. The number of aromatic nitrogens is 1. The zero-order valence-corrected chi connectivity index (χ0v) is 33.9. The van der Waals surface area contributed by atoms with Crippen LogP contribution in [0.3, 0.4) is 0 Å². The molecule has 1 aromatic heterocycles. The Labute approximate surface area is 318 Å². The average molecular weight is 776 g/mol. The lowest BCUT2D eigenvalue weighted by Gasteiger charge is -2.35. The van der Waals surface area contributed by atoms with Gasteiger partial charge in [-0.2, -0.15) is 0 Å². The molecule has 53 heavy (non-hydrogen) atoms. The summed E-state index contributed by atoms with van der Waals surface area (Å²) in [6, 6.07) is 5.89. The van der Waals surface area contributed by atoms with Crippen LogP contribution in [-0.4, -0.2) is 79.0 Å². The van der Waals surface area contributed by atoms with E-state index in [1.807, 2.05) is 34.6 Å². The first-order chi connectivity index (χ1) is 24.5. The fourth-order valence-electron chi connectivity index (χ4n) is 7.50. The number of nitrogens with zero attached hydrogens (tertiary/aromatic N) is 2. The number of likely N-dealkylation sites (tertiary alicyclic amines) is 1. The number of carbonyl (C=O) groups is 4. The van der Waals surface area contributed by atoms with Gasteiger partial charge in [0.05, 0.1) is 53.7 Å². The normalized spacial score (nSPS) is 24.3. The van der Waals surface area contributed by atoms with Gasteiger partial charge < -0.3 is 19.1 Å². The first-order valence-electron chi connectivity index (χ1n) is 18.4. The smallest absolute Gasteiger partial charge is 0.307 e. The minimum absolute atomic E-state index is 0.0200. The summed E-state index contributed by atoms with van der Waals surface area (Å²) in [7, 11) is -2.44. The zero-order chi connectivity index (χ0) is 39.3. The molecule has 0 bridgehead atoms. The fourth-order valence-corrected chi connectivity index (χ4v) is 9.48. The van der Waals surface area contributed by atoms with Gasteiger partial charge in [0, 0.05) is 24.3 Å². The third-order valence-electron chi connectivity index (χ3n) is 10.8. The Bertz CT molecular complexity index is 1880. The lowest BCUT2D eigenvalue weighted by atomic mass is 9.77. The third-order valence-corrected chi connectivity index (χ3v) is 12.7. The number of carbonyl (C=O) groups excluding carboxylic acids is 4. The number of para-hydroxylation sites is 1. The van der Waals surface area contributed by atoms with E-state index in [0.717, 1.165) is 12.8 Å². The number of ketones is 1. The number of fused-ring (bicyclic) bond motifs is 1. The van der Waals surface area contributed by atoms with Crippen molar-refractivity contribution in [3.05, 3.63) is 29.3 Å². The molecule has 5 rings (SSSR count). The van der Waals surface area contributed by atoms with Crippen molar-refractivity contribution >= 4 is 56.1 Å². The van der Waals surface area contributed by atoms with E-state index in [4.69, 9.17) is 25.8 Å². The second-order valence-corrected chi connectivity index (χ2v) is 19.7. The molecular weight excluding hydrogens is 722 g/mol. The largest absolute Gasteiger partial charge is 0.488 e. The summed E-state index contributed by atoms with van der Waals surface area (Å²) in [4.78, 5) is 61.9. The molecule has 2 saturated carbocycles. The first-order valence-corrected chi connectivity index (χ1v) is 20.4. The van der Waals surface area contributed by atoms with E-state index in [9.17, 15) is 27.6 Å². The van der Waals surface area contributed by atoms with Crippen LogP contribution >= 0.6 is 11.6 Å². The zero-order valence-electron chi connectivity index (χ0n) is 32.3. The van der Waals surface area contributed by atoms with Crippen molar-refractivity contribution in [3.8, 4) is 11.6 Å². The van der Waals surface area contributed by atoms with Gasteiger partial charge in [0.25, 0.3) is 0 Å². The summed E-state index contributed by atoms with van der Waals surface area (Å²) in [5.74, 6) is -2.50. The Kier molecular flexibility index (Phi) is 11.3. The number of ether oxygens (including phenoxy) is 3. The molecule has 2 aromatic rings. The van der Waals surface area contributed by atoms with Crippen LogP contribution in [0.4, 0.5) is 0 Å². The summed E-state index contributed by atoms with van der Waals surface area (Å²) in [6.07, 6.45) is 1.49. The Hall–Kier alpha value is -3.45. The standard InChI is InChI=1S/C39H54ClN3O9S/c1-10-23-19-39(23,35(47)42-53(48,49)22-38(8)14-15-38)20-29(44)28-16-24(51-30-18-31(50-9)41-33-25(30)12-11-13-27(33)40)21-43(28)34(46)26(36(2,3)4)17-32(45)52-37(5,6)7/h11-13,18,23-24,26,28H,10,14-17,19-22H2,1-9H3,(H,42,47)/t23-,24-,26-,28+,39-/m1/s1. The number of rotatable bonds is 14. The van der Waals surface area contributed by atoms with E-state index >= 15 is 0 Å². The van der Waals surface area contributed by atoms with E-state index in [1.54, 1.807) is 45.0 Å². The molecule has 1 aromatic carbocycles. The first kappa shape index (κ1) is 40.7. The van der Waals surface area contributed by atoms with Crippen molar-refractivity contribution in [1.82, 2.24) is 14.6 Å². The van der Waals surface area contributed by atoms with Gasteiger partial charge in [0.2, 0.25) is 27.7 Å². The van der Waals surface area contributed by atoms with Crippen molar-refractivity contribution in [2.75, 3.05) is 19.4 Å². The molecule has 292 valence electrons. The van der Waals surface area contributed by atoms with Gasteiger partial charge >= 0.3 is 5.97 Å². The van der Waals surface area contributed by atoms with Crippen molar-refractivity contribution in [3.63, 3.8) is 0 Å². The Morgan fingerprint density at radius 1 is 1.11 bits per heavy atom. The van der Waals surface area contributed by atoms with E-state index in [0.29, 0.717) is 34.5 Å². The van der Waals surface area contributed by atoms with E-state index in [1.165, 1.54) is 12.0 Å². The monoisotopic (exact) mass is 775 g/mol. The number of Topliss-reactive ketones (excluding diaryl/α,β-unsaturated/α-hetero) is 1. The molecule has 2 heterocycles. The second kappa shape index (κ2) is 14.7. The lowest BCUT2D eigenvalue weighted by molar-refractivity contribution is -0.161. The van der Waals surface area contributed by atoms with Crippen LogP contribution in [0, 0.1) is 28.1 Å². The number of benzene rings is 1. The van der Waals surface area contributed by atoms with E-state index in [2.05, 4.69) is 9.71 Å². The molecule has 1 saturated heterocycles. The lowest BCUT2D eigenvalue weighted by Crippen LogP contribution is -2.49. The van der Waals surface area contributed by atoms with Gasteiger partial charge in [-0.05, 0) is 68.9 Å². The molecule has 2 aliphatic carbocycles. The average Bonchev–Trinajstić information content (AvgIpc) is 3.90. The van der Waals surface area contributed by atoms with E-state index in [-0.39, 0.29) is 54.6 Å². The van der Waals surface area contributed by atoms with Crippen LogP contribution < -0.4 is 14.2 Å². The number of nitrogens with one attached hydrogen (secondary N) is 1. The summed E-state index contributed by atoms with van der Waals surface area (Å²) < 4.78 is 45.9.